The van der Waals surface area contributed by atoms with Crippen LogP contribution < -0.4 is 21.1 Å². The molecule has 2 rings (SSSR count). The fourth-order valence-electron chi connectivity index (χ4n) is 3.79. The zero-order chi connectivity index (χ0) is 20.4. The Morgan fingerprint density at radius 2 is 2.00 bits per heavy atom. The minimum Gasteiger partial charge on any atom is -0.484 e. The maximum Gasteiger partial charge on any atom is 0.255 e. The van der Waals surface area contributed by atoms with E-state index in [-0.39, 0.29) is 30.6 Å². The highest BCUT2D eigenvalue weighted by atomic mass is 127. The van der Waals surface area contributed by atoms with Gasteiger partial charge in [-0.15, -0.1) is 24.0 Å². The number of guanidine groups is 1. The van der Waals surface area contributed by atoms with Gasteiger partial charge in [0.2, 0.25) is 0 Å². The summed E-state index contributed by atoms with van der Waals surface area (Å²) in [5.74, 6) is 2.40. The molecule has 1 aliphatic carbocycles. The van der Waals surface area contributed by atoms with Crippen LogP contribution in [0.2, 0.25) is 0 Å². The van der Waals surface area contributed by atoms with Crippen molar-refractivity contribution in [3.05, 3.63) is 29.8 Å². The second kappa shape index (κ2) is 13.7. The van der Waals surface area contributed by atoms with Crippen molar-refractivity contribution in [1.29, 1.82) is 0 Å². The largest absolute Gasteiger partial charge is 0.484 e. The molecule has 0 spiro atoms. The van der Waals surface area contributed by atoms with E-state index in [2.05, 4.69) is 31.4 Å². The number of nitrogens with one attached hydrogen (secondary N) is 2. The highest BCUT2D eigenvalue weighted by molar-refractivity contribution is 14.0. The van der Waals surface area contributed by atoms with Gasteiger partial charge in [0.15, 0.2) is 12.6 Å². The van der Waals surface area contributed by atoms with E-state index in [4.69, 9.17) is 15.5 Å². The average molecular weight is 516 g/mol. The first-order valence-corrected chi connectivity index (χ1v) is 10.5. The third-order valence-corrected chi connectivity index (χ3v) is 5.59. The van der Waals surface area contributed by atoms with Crippen LogP contribution in [0.4, 0.5) is 0 Å². The molecule has 1 aromatic carbocycles. The first-order chi connectivity index (χ1) is 13.5. The molecule has 2 atom stereocenters. The Morgan fingerprint density at radius 1 is 1.28 bits per heavy atom. The molecule has 1 aromatic rings. The Bertz CT molecular complexity index is 647. The quantitative estimate of drug-likeness (QED) is 0.265. The van der Waals surface area contributed by atoms with Crippen molar-refractivity contribution < 1.29 is 9.53 Å². The fraction of sp³-hybridized carbons (Fsp3) is 0.636. The van der Waals surface area contributed by atoms with Crippen molar-refractivity contribution in [3.8, 4) is 5.75 Å². The Hall–Kier alpha value is -1.51. The highest BCUT2D eigenvalue weighted by Crippen LogP contribution is 2.31. The van der Waals surface area contributed by atoms with Gasteiger partial charge in [0.25, 0.3) is 5.91 Å². The Balaban J connectivity index is 0.00000420. The first-order valence-electron chi connectivity index (χ1n) is 10.5. The smallest absolute Gasteiger partial charge is 0.255 e. The van der Waals surface area contributed by atoms with Crippen LogP contribution in [0.15, 0.2) is 29.3 Å². The summed E-state index contributed by atoms with van der Waals surface area (Å²) >= 11 is 0. The van der Waals surface area contributed by atoms with Crippen molar-refractivity contribution in [1.82, 2.24) is 10.6 Å². The predicted octanol–water partition coefficient (Wildman–Crippen LogP) is 3.83. The van der Waals surface area contributed by atoms with Crippen LogP contribution in [0, 0.1) is 11.8 Å². The lowest BCUT2D eigenvalue weighted by Gasteiger charge is -2.33. The Morgan fingerprint density at radius 3 is 2.66 bits per heavy atom. The SMILES string of the molecule is CCNC(=NCc1cccc(OCC(N)=O)c1)NC(C)C(C)C1CCCCC1.I. The molecule has 6 nitrogen and oxygen atoms in total. The number of hydrogen-bond donors (Lipinski definition) is 3. The van der Waals surface area contributed by atoms with Crippen molar-refractivity contribution in [2.45, 2.75) is 65.5 Å². The van der Waals surface area contributed by atoms with Gasteiger partial charge in [-0.2, -0.15) is 0 Å². The summed E-state index contributed by atoms with van der Waals surface area (Å²) in [5, 5.41) is 6.93. The summed E-state index contributed by atoms with van der Waals surface area (Å²) < 4.78 is 5.37. The normalized spacial score (nSPS) is 17.0. The number of hydrogen-bond acceptors (Lipinski definition) is 3. The zero-order valence-electron chi connectivity index (χ0n) is 17.9. The third kappa shape index (κ3) is 9.23. The molecule has 0 radical (unpaired) electrons. The van der Waals surface area contributed by atoms with Crippen LogP contribution in [0.3, 0.4) is 0 Å². The van der Waals surface area contributed by atoms with Crippen LogP contribution in [0.1, 0.15) is 58.4 Å². The van der Waals surface area contributed by atoms with E-state index in [1.165, 1.54) is 32.1 Å². The van der Waals surface area contributed by atoms with Crippen LogP contribution in [-0.4, -0.2) is 31.1 Å². The van der Waals surface area contributed by atoms with E-state index < -0.39 is 5.91 Å². The molecular formula is C22H37IN4O2. The van der Waals surface area contributed by atoms with Gasteiger partial charge in [0.1, 0.15) is 5.75 Å². The molecule has 1 amide bonds. The maximum absolute atomic E-state index is 10.9. The summed E-state index contributed by atoms with van der Waals surface area (Å²) in [6.45, 7) is 7.92. The molecule has 2 unspecified atom stereocenters. The molecular weight excluding hydrogens is 479 g/mol. The minimum atomic E-state index is -0.483. The van der Waals surface area contributed by atoms with Gasteiger partial charge < -0.3 is 21.1 Å². The topological polar surface area (TPSA) is 88.7 Å². The van der Waals surface area contributed by atoms with Crippen LogP contribution in [0.25, 0.3) is 0 Å². The van der Waals surface area contributed by atoms with Gasteiger partial charge in [0, 0.05) is 12.6 Å². The molecule has 7 heteroatoms. The van der Waals surface area contributed by atoms with E-state index in [1.807, 2.05) is 24.3 Å². The van der Waals surface area contributed by atoms with Crippen LogP contribution in [-0.2, 0) is 11.3 Å². The number of rotatable bonds is 9. The van der Waals surface area contributed by atoms with E-state index in [1.54, 1.807) is 0 Å². The van der Waals surface area contributed by atoms with Gasteiger partial charge in [0.05, 0.1) is 6.54 Å². The summed E-state index contributed by atoms with van der Waals surface area (Å²) in [7, 11) is 0. The molecule has 0 aliphatic heterocycles. The van der Waals surface area contributed by atoms with Crippen molar-refractivity contribution in [3.63, 3.8) is 0 Å². The first kappa shape index (κ1) is 25.5. The molecule has 0 aromatic heterocycles. The predicted molar refractivity (Wildman–Crippen MR) is 130 cm³/mol. The lowest BCUT2D eigenvalue weighted by molar-refractivity contribution is -0.119. The number of amides is 1. The minimum absolute atomic E-state index is 0. The molecule has 0 bridgehead atoms. The van der Waals surface area contributed by atoms with Gasteiger partial charge >= 0.3 is 0 Å². The summed E-state index contributed by atoms with van der Waals surface area (Å²) in [4.78, 5) is 15.6. The Kier molecular flexibility index (Phi) is 12.0. The number of carbonyl (C=O) groups excluding carboxylic acids is 1. The molecule has 1 saturated carbocycles. The summed E-state index contributed by atoms with van der Waals surface area (Å²) in [6.07, 6.45) is 6.81. The number of primary amides is 1. The molecule has 29 heavy (non-hydrogen) atoms. The van der Waals surface area contributed by atoms with Crippen molar-refractivity contribution >= 4 is 35.8 Å². The molecule has 164 valence electrons. The van der Waals surface area contributed by atoms with Gasteiger partial charge in [-0.1, -0.05) is 51.2 Å². The maximum atomic E-state index is 10.9. The van der Waals surface area contributed by atoms with Crippen LogP contribution in [0.5, 0.6) is 5.75 Å². The van der Waals surface area contributed by atoms with Gasteiger partial charge in [-0.05, 0) is 43.4 Å². The lowest BCUT2D eigenvalue weighted by atomic mass is 9.78. The van der Waals surface area contributed by atoms with Crippen molar-refractivity contribution in [2.75, 3.05) is 13.2 Å². The fourth-order valence-corrected chi connectivity index (χ4v) is 3.79. The summed E-state index contributed by atoms with van der Waals surface area (Å²) in [6, 6.07) is 7.97. The van der Waals surface area contributed by atoms with E-state index >= 15 is 0 Å². The average Bonchev–Trinajstić information content (AvgIpc) is 2.71. The standard InChI is InChI=1S/C22H36N4O2.HI/c1-4-24-22(26-17(3)16(2)19-10-6-5-7-11-19)25-14-18-9-8-12-20(13-18)28-15-21(23)27;/h8-9,12-13,16-17,19H,4-7,10-11,14-15H2,1-3H3,(H2,23,27)(H2,24,25,26);1H. The second-order valence-electron chi connectivity index (χ2n) is 7.79. The van der Waals surface area contributed by atoms with Gasteiger partial charge in [-0.25, -0.2) is 4.99 Å². The molecule has 0 heterocycles. The van der Waals surface area contributed by atoms with Crippen LogP contribution >= 0.6 is 24.0 Å². The number of halogens is 1. The zero-order valence-corrected chi connectivity index (χ0v) is 20.3. The van der Waals surface area contributed by atoms with E-state index in [0.29, 0.717) is 24.3 Å². The molecule has 1 aliphatic rings. The third-order valence-electron chi connectivity index (χ3n) is 5.59. The highest BCUT2D eigenvalue weighted by Gasteiger charge is 2.24. The number of ether oxygens (including phenoxy) is 1. The number of benzene rings is 1. The number of carbonyl (C=O) groups is 1. The van der Waals surface area contributed by atoms with E-state index in [9.17, 15) is 4.79 Å². The van der Waals surface area contributed by atoms with Crippen molar-refractivity contribution in [2.24, 2.45) is 22.6 Å². The lowest BCUT2D eigenvalue weighted by Crippen LogP contribution is -2.46. The molecule has 1 fully saturated rings. The number of aliphatic imine (C=N–C) groups is 1. The van der Waals surface area contributed by atoms with Gasteiger partial charge in [-0.3, -0.25) is 4.79 Å². The molecule has 4 N–H and O–H groups in total. The number of nitrogens with zero attached hydrogens (tertiary/aromatic N) is 1. The second-order valence-corrected chi connectivity index (χ2v) is 7.79. The molecule has 0 saturated heterocycles. The summed E-state index contributed by atoms with van der Waals surface area (Å²) in [5.41, 5.74) is 6.15. The van der Waals surface area contributed by atoms with E-state index in [0.717, 1.165) is 24.0 Å². The Labute approximate surface area is 192 Å². The monoisotopic (exact) mass is 516 g/mol. The number of nitrogens with two attached hydrogens (primary N) is 1.